The number of hydrogen-bond donors (Lipinski definition) is 1. The molecule has 20 heavy (non-hydrogen) atoms. The van der Waals surface area contributed by atoms with Gasteiger partial charge < -0.3 is 9.84 Å². The fourth-order valence-electron chi connectivity index (χ4n) is 2.02. The Hall–Kier alpha value is -1.65. The molecule has 1 N–H and O–H groups in total. The van der Waals surface area contributed by atoms with Crippen LogP contribution in [0.1, 0.15) is 25.8 Å². The molecule has 0 saturated carbocycles. The van der Waals surface area contributed by atoms with Crippen molar-refractivity contribution in [1.82, 2.24) is 0 Å². The fourth-order valence-corrected chi connectivity index (χ4v) is 2.02. The topological polar surface area (TPSA) is 46.5 Å². The highest BCUT2D eigenvalue weighted by Crippen LogP contribution is 2.27. The average Bonchev–Trinajstić information content (AvgIpc) is 2.38. The number of quaternary nitrogens is 1. The molecule has 0 aliphatic heterocycles. The average molecular weight is 278 g/mol. The summed E-state index contributed by atoms with van der Waals surface area (Å²) in [5.41, 5.74) is 1.34. The summed E-state index contributed by atoms with van der Waals surface area (Å²) in [5, 5.41) is 10.7. The fraction of sp³-hybridized carbons (Fsp3) is 0.438. The molecule has 0 amide bonds. The van der Waals surface area contributed by atoms with E-state index in [2.05, 4.69) is 6.58 Å². The molecule has 1 aromatic carbocycles. The van der Waals surface area contributed by atoms with Crippen LogP contribution in [0.5, 0.6) is 0 Å². The predicted octanol–water partition coefficient (Wildman–Crippen LogP) is 2.44. The molecular formula is C16H24NO3+. The molecule has 0 fully saturated rings. The maximum absolute atomic E-state index is 11.7. The highest BCUT2D eigenvalue weighted by atomic mass is 16.7. The predicted molar refractivity (Wildman–Crippen MR) is 78.4 cm³/mol. The van der Waals surface area contributed by atoms with Crippen molar-refractivity contribution in [2.24, 2.45) is 0 Å². The summed E-state index contributed by atoms with van der Waals surface area (Å²) < 4.78 is 5.41. The number of benzene rings is 1. The van der Waals surface area contributed by atoms with Crippen LogP contribution in [0.3, 0.4) is 0 Å². The number of hydrogen-bond acceptors (Lipinski definition) is 3. The number of carbonyl (C=O) groups excluding carboxylic acids is 1. The van der Waals surface area contributed by atoms with Gasteiger partial charge in [-0.1, -0.05) is 43.8 Å². The quantitative estimate of drug-likeness (QED) is 0.376. The molecule has 4 nitrogen and oxygen atoms in total. The van der Waals surface area contributed by atoms with E-state index in [9.17, 15) is 9.90 Å². The highest BCUT2D eigenvalue weighted by Gasteiger charge is 2.46. The molecule has 0 aliphatic carbocycles. The SMILES string of the molecule is C=C(C)C(=O)OC(O)(CC)[N+](C)(C)Cc1ccccc1. The Morgan fingerprint density at radius 2 is 1.90 bits per heavy atom. The number of rotatable bonds is 6. The van der Waals surface area contributed by atoms with Crippen LogP contribution in [-0.2, 0) is 16.1 Å². The van der Waals surface area contributed by atoms with E-state index < -0.39 is 11.9 Å². The van der Waals surface area contributed by atoms with Gasteiger partial charge in [-0.3, -0.25) is 4.48 Å². The van der Waals surface area contributed by atoms with E-state index in [0.717, 1.165) is 5.56 Å². The lowest BCUT2D eigenvalue weighted by Crippen LogP contribution is -2.61. The molecule has 0 heterocycles. The second-order valence-electron chi connectivity index (χ2n) is 5.60. The molecule has 0 spiro atoms. The Kier molecular flexibility index (Phi) is 5.09. The minimum absolute atomic E-state index is 0.131. The maximum Gasteiger partial charge on any atom is 0.360 e. The van der Waals surface area contributed by atoms with Crippen molar-refractivity contribution in [3.8, 4) is 0 Å². The van der Waals surface area contributed by atoms with Gasteiger partial charge in [0.1, 0.15) is 6.54 Å². The van der Waals surface area contributed by atoms with Crippen molar-refractivity contribution in [2.45, 2.75) is 32.7 Å². The van der Waals surface area contributed by atoms with Crippen LogP contribution in [0, 0.1) is 0 Å². The second kappa shape index (κ2) is 6.20. The van der Waals surface area contributed by atoms with Crippen LogP contribution in [0.25, 0.3) is 0 Å². The normalized spacial score (nSPS) is 14.4. The minimum atomic E-state index is -1.58. The van der Waals surface area contributed by atoms with E-state index in [4.69, 9.17) is 4.74 Å². The van der Waals surface area contributed by atoms with Crippen molar-refractivity contribution in [3.05, 3.63) is 48.0 Å². The molecule has 0 aliphatic rings. The van der Waals surface area contributed by atoms with Crippen molar-refractivity contribution >= 4 is 5.97 Å². The van der Waals surface area contributed by atoms with Crippen LogP contribution in [0.2, 0.25) is 0 Å². The van der Waals surface area contributed by atoms with Gasteiger partial charge >= 0.3 is 11.9 Å². The van der Waals surface area contributed by atoms with Crippen molar-refractivity contribution in [1.29, 1.82) is 0 Å². The van der Waals surface area contributed by atoms with Gasteiger partial charge in [-0.25, -0.2) is 4.79 Å². The standard InChI is InChI=1S/C16H24NO3/c1-6-16(19,20-15(18)13(2)3)17(4,5)12-14-10-8-7-9-11-14/h7-11,19H,2,6,12H2,1,3-5H3/q+1. The summed E-state index contributed by atoms with van der Waals surface area (Å²) in [5.74, 6) is -2.15. The molecule has 0 radical (unpaired) electrons. The number of carbonyl (C=O) groups is 1. The second-order valence-corrected chi connectivity index (χ2v) is 5.60. The Bertz CT molecular complexity index is 482. The molecule has 0 aromatic heterocycles. The zero-order chi connectivity index (χ0) is 15.4. The molecule has 1 unspecified atom stereocenters. The third kappa shape index (κ3) is 3.68. The molecule has 1 rings (SSSR count). The van der Waals surface area contributed by atoms with Gasteiger partial charge in [0.2, 0.25) is 0 Å². The van der Waals surface area contributed by atoms with Gasteiger partial charge in [0.05, 0.1) is 20.5 Å². The zero-order valence-electron chi connectivity index (χ0n) is 12.7. The third-order valence-electron chi connectivity index (χ3n) is 3.43. The minimum Gasteiger partial charge on any atom is -0.381 e. The molecule has 4 heteroatoms. The summed E-state index contributed by atoms with van der Waals surface area (Å²) in [6.07, 6.45) is 0.297. The van der Waals surface area contributed by atoms with Gasteiger partial charge in [0, 0.05) is 11.1 Å². The van der Waals surface area contributed by atoms with Gasteiger partial charge in [-0.15, -0.1) is 0 Å². The van der Waals surface area contributed by atoms with E-state index in [-0.39, 0.29) is 10.1 Å². The monoisotopic (exact) mass is 278 g/mol. The van der Waals surface area contributed by atoms with E-state index >= 15 is 0 Å². The Morgan fingerprint density at radius 1 is 1.35 bits per heavy atom. The van der Waals surface area contributed by atoms with Crippen LogP contribution in [0.15, 0.2) is 42.5 Å². The van der Waals surface area contributed by atoms with E-state index in [1.54, 1.807) is 13.8 Å². The first-order valence-corrected chi connectivity index (χ1v) is 6.70. The van der Waals surface area contributed by atoms with Crippen molar-refractivity contribution in [3.63, 3.8) is 0 Å². The first-order valence-electron chi connectivity index (χ1n) is 6.70. The summed E-state index contributed by atoms with van der Waals surface area (Å²) in [7, 11) is 3.67. The smallest absolute Gasteiger partial charge is 0.360 e. The van der Waals surface area contributed by atoms with E-state index in [1.807, 2.05) is 44.4 Å². The number of nitrogens with zero attached hydrogens (tertiary/aromatic N) is 1. The lowest BCUT2D eigenvalue weighted by molar-refractivity contribution is -1.00. The van der Waals surface area contributed by atoms with Gasteiger partial charge in [0.15, 0.2) is 0 Å². The van der Waals surface area contributed by atoms with E-state index in [0.29, 0.717) is 13.0 Å². The number of ether oxygens (including phenoxy) is 1. The summed E-state index contributed by atoms with van der Waals surface area (Å²) >= 11 is 0. The molecule has 0 bridgehead atoms. The van der Waals surface area contributed by atoms with Crippen LogP contribution in [-0.4, -0.2) is 35.6 Å². The third-order valence-corrected chi connectivity index (χ3v) is 3.43. The Balaban J connectivity index is 2.95. The van der Waals surface area contributed by atoms with Crippen LogP contribution in [0.4, 0.5) is 0 Å². The first-order chi connectivity index (χ1) is 9.22. The number of aliphatic hydroxyl groups is 1. The summed E-state index contributed by atoms with van der Waals surface area (Å²) in [4.78, 5) is 11.7. The largest absolute Gasteiger partial charge is 0.381 e. The first kappa shape index (κ1) is 16.4. The highest BCUT2D eigenvalue weighted by molar-refractivity contribution is 5.87. The lowest BCUT2D eigenvalue weighted by atomic mass is 10.1. The van der Waals surface area contributed by atoms with Crippen molar-refractivity contribution in [2.75, 3.05) is 14.1 Å². The van der Waals surface area contributed by atoms with Crippen LogP contribution >= 0.6 is 0 Å². The molecule has 1 aromatic rings. The Morgan fingerprint density at radius 3 is 2.35 bits per heavy atom. The summed E-state index contributed by atoms with van der Waals surface area (Å²) in [6, 6.07) is 9.80. The molecule has 0 saturated heterocycles. The van der Waals surface area contributed by atoms with Gasteiger partial charge in [-0.05, 0) is 6.92 Å². The van der Waals surface area contributed by atoms with Gasteiger partial charge in [-0.2, -0.15) is 0 Å². The maximum atomic E-state index is 11.7. The summed E-state index contributed by atoms with van der Waals surface area (Å²) in [6.45, 7) is 7.45. The van der Waals surface area contributed by atoms with Gasteiger partial charge in [0.25, 0.3) is 0 Å². The number of esters is 1. The lowest BCUT2D eigenvalue weighted by Gasteiger charge is -2.42. The van der Waals surface area contributed by atoms with E-state index in [1.165, 1.54) is 0 Å². The zero-order valence-corrected chi connectivity index (χ0v) is 12.7. The molecular weight excluding hydrogens is 254 g/mol. The van der Waals surface area contributed by atoms with Crippen molar-refractivity contribution < 1.29 is 19.1 Å². The van der Waals surface area contributed by atoms with Crippen LogP contribution < -0.4 is 0 Å². The molecule has 1 atom stereocenters. The molecule has 110 valence electrons. The Labute approximate surface area is 120 Å².